The number of benzene rings is 1. The minimum atomic E-state index is 0.781. The third-order valence-electron chi connectivity index (χ3n) is 4.31. The summed E-state index contributed by atoms with van der Waals surface area (Å²) in [7, 11) is 1.70. The second-order valence-electron chi connectivity index (χ2n) is 6.65. The highest BCUT2D eigenvalue weighted by molar-refractivity contribution is 5.79. The van der Waals surface area contributed by atoms with Crippen molar-refractivity contribution in [3.8, 4) is 5.75 Å². The van der Waals surface area contributed by atoms with Gasteiger partial charge in [0.05, 0.1) is 12.8 Å². The maximum absolute atomic E-state index is 5.28. The summed E-state index contributed by atoms with van der Waals surface area (Å²) >= 11 is 0. The van der Waals surface area contributed by atoms with Crippen LogP contribution in [-0.2, 0) is 13.0 Å². The van der Waals surface area contributed by atoms with E-state index in [1.54, 1.807) is 7.11 Å². The Hall–Kier alpha value is -2.50. The molecular formula is C21H33N5O. The van der Waals surface area contributed by atoms with Crippen molar-refractivity contribution < 1.29 is 4.74 Å². The van der Waals surface area contributed by atoms with Crippen LogP contribution in [0.3, 0.4) is 0 Å². The molecular weight excluding hydrogens is 338 g/mol. The van der Waals surface area contributed by atoms with Crippen LogP contribution in [0.1, 0.15) is 36.7 Å². The number of nitrogens with zero attached hydrogens (tertiary/aromatic N) is 3. The highest BCUT2D eigenvalue weighted by Crippen LogP contribution is 2.13. The SMILES string of the molecule is CCNC(=NCCCn1nc(C)cc1C)NCCCc1cccc(OC)c1. The standard InChI is InChI=1S/C21H33N5O/c1-5-22-21(24-13-8-14-26-18(3)15-17(2)25-26)23-12-7-10-19-9-6-11-20(16-19)27-4/h6,9,11,15-16H,5,7-8,10,12-14H2,1-4H3,(H2,22,23,24). The Kier molecular flexibility index (Phi) is 8.68. The lowest BCUT2D eigenvalue weighted by Crippen LogP contribution is -2.38. The van der Waals surface area contributed by atoms with Gasteiger partial charge >= 0.3 is 0 Å². The van der Waals surface area contributed by atoms with E-state index in [0.29, 0.717) is 0 Å². The van der Waals surface area contributed by atoms with Gasteiger partial charge in [-0.05, 0) is 63.8 Å². The summed E-state index contributed by atoms with van der Waals surface area (Å²) in [5.41, 5.74) is 3.57. The van der Waals surface area contributed by atoms with E-state index in [2.05, 4.69) is 57.5 Å². The maximum atomic E-state index is 5.28. The molecule has 6 heteroatoms. The smallest absolute Gasteiger partial charge is 0.191 e. The molecule has 0 atom stereocenters. The fourth-order valence-electron chi connectivity index (χ4n) is 2.98. The average Bonchev–Trinajstić information content (AvgIpc) is 2.99. The monoisotopic (exact) mass is 371 g/mol. The Morgan fingerprint density at radius 2 is 2.04 bits per heavy atom. The van der Waals surface area contributed by atoms with Crippen LogP contribution < -0.4 is 15.4 Å². The van der Waals surface area contributed by atoms with Gasteiger partial charge in [0, 0.05) is 31.9 Å². The van der Waals surface area contributed by atoms with E-state index in [1.165, 1.54) is 11.3 Å². The predicted octanol–water partition coefficient (Wildman–Crippen LogP) is 3.09. The van der Waals surface area contributed by atoms with E-state index in [4.69, 9.17) is 4.74 Å². The van der Waals surface area contributed by atoms with Crippen molar-refractivity contribution in [1.29, 1.82) is 0 Å². The molecule has 0 bridgehead atoms. The molecule has 1 aromatic carbocycles. The quantitative estimate of drug-likeness (QED) is 0.383. The van der Waals surface area contributed by atoms with Crippen LogP contribution in [-0.4, -0.2) is 42.5 Å². The maximum Gasteiger partial charge on any atom is 0.191 e. The second-order valence-corrected chi connectivity index (χ2v) is 6.65. The van der Waals surface area contributed by atoms with Crippen LogP contribution in [0.15, 0.2) is 35.3 Å². The Balaban J connectivity index is 1.71. The van der Waals surface area contributed by atoms with E-state index < -0.39 is 0 Å². The summed E-state index contributed by atoms with van der Waals surface area (Å²) in [6.45, 7) is 9.64. The Bertz CT molecular complexity index is 723. The number of aryl methyl sites for hydroxylation is 4. The number of nitrogens with one attached hydrogen (secondary N) is 2. The lowest BCUT2D eigenvalue weighted by Gasteiger charge is -2.11. The first-order valence-corrected chi connectivity index (χ1v) is 9.78. The van der Waals surface area contributed by atoms with E-state index in [-0.39, 0.29) is 0 Å². The number of aromatic nitrogens is 2. The molecule has 0 saturated carbocycles. The summed E-state index contributed by atoms with van der Waals surface area (Å²) in [6, 6.07) is 10.4. The average molecular weight is 372 g/mol. The third kappa shape index (κ3) is 7.33. The minimum Gasteiger partial charge on any atom is -0.497 e. The van der Waals surface area contributed by atoms with Crippen LogP contribution in [0.4, 0.5) is 0 Å². The van der Waals surface area contributed by atoms with E-state index in [1.807, 2.05) is 19.1 Å². The van der Waals surface area contributed by atoms with Crippen molar-refractivity contribution >= 4 is 5.96 Å². The summed E-state index contributed by atoms with van der Waals surface area (Å²) in [4.78, 5) is 4.67. The molecule has 6 nitrogen and oxygen atoms in total. The van der Waals surface area contributed by atoms with Gasteiger partial charge in [-0.25, -0.2) is 0 Å². The molecule has 0 aliphatic rings. The molecule has 1 heterocycles. The Morgan fingerprint density at radius 1 is 1.19 bits per heavy atom. The number of hydrogen-bond donors (Lipinski definition) is 2. The van der Waals surface area contributed by atoms with Crippen molar-refractivity contribution in [1.82, 2.24) is 20.4 Å². The Labute approximate surface area is 163 Å². The molecule has 0 radical (unpaired) electrons. The topological polar surface area (TPSA) is 63.5 Å². The lowest BCUT2D eigenvalue weighted by atomic mass is 10.1. The molecule has 1 aromatic heterocycles. The summed E-state index contributed by atoms with van der Waals surface area (Å²) in [6.07, 6.45) is 3.03. The summed E-state index contributed by atoms with van der Waals surface area (Å²) in [5, 5.41) is 11.2. The van der Waals surface area contributed by atoms with Gasteiger partial charge in [0.25, 0.3) is 0 Å². The zero-order chi connectivity index (χ0) is 19.5. The van der Waals surface area contributed by atoms with Gasteiger partial charge < -0.3 is 15.4 Å². The van der Waals surface area contributed by atoms with Gasteiger partial charge in [-0.3, -0.25) is 9.67 Å². The molecule has 0 amide bonds. The number of methoxy groups -OCH3 is 1. The van der Waals surface area contributed by atoms with Gasteiger partial charge in [-0.2, -0.15) is 5.10 Å². The molecule has 0 aliphatic carbocycles. The zero-order valence-electron chi connectivity index (χ0n) is 17.1. The zero-order valence-corrected chi connectivity index (χ0v) is 17.1. The first-order valence-electron chi connectivity index (χ1n) is 9.78. The molecule has 0 saturated heterocycles. The van der Waals surface area contributed by atoms with Crippen molar-refractivity contribution in [2.75, 3.05) is 26.7 Å². The summed E-state index contributed by atoms with van der Waals surface area (Å²) < 4.78 is 7.33. The van der Waals surface area contributed by atoms with Crippen molar-refractivity contribution in [2.45, 2.75) is 46.6 Å². The number of aliphatic imine (C=N–C) groups is 1. The molecule has 0 unspecified atom stereocenters. The van der Waals surface area contributed by atoms with Crippen molar-refractivity contribution in [3.63, 3.8) is 0 Å². The molecule has 148 valence electrons. The molecule has 27 heavy (non-hydrogen) atoms. The van der Waals surface area contributed by atoms with Gasteiger partial charge in [0.2, 0.25) is 0 Å². The van der Waals surface area contributed by atoms with Crippen molar-refractivity contribution in [3.05, 3.63) is 47.3 Å². The first-order chi connectivity index (χ1) is 13.1. The van der Waals surface area contributed by atoms with E-state index in [9.17, 15) is 0 Å². The first kappa shape index (κ1) is 20.8. The van der Waals surface area contributed by atoms with Crippen LogP contribution in [0, 0.1) is 13.8 Å². The largest absolute Gasteiger partial charge is 0.497 e. The van der Waals surface area contributed by atoms with Crippen LogP contribution in [0.2, 0.25) is 0 Å². The van der Waals surface area contributed by atoms with Crippen LogP contribution in [0.25, 0.3) is 0 Å². The molecule has 2 rings (SSSR count). The number of ether oxygens (including phenoxy) is 1. The number of rotatable bonds is 10. The lowest BCUT2D eigenvalue weighted by molar-refractivity contribution is 0.414. The van der Waals surface area contributed by atoms with E-state index >= 15 is 0 Å². The van der Waals surface area contributed by atoms with Gasteiger partial charge in [-0.1, -0.05) is 12.1 Å². The highest BCUT2D eigenvalue weighted by Gasteiger charge is 2.01. The number of hydrogen-bond acceptors (Lipinski definition) is 3. The normalized spacial score (nSPS) is 11.5. The van der Waals surface area contributed by atoms with Crippen molar-refractivity contribution in [2.24, 2.45) is 4.99 Å². The van der Waals surface area contributed by atoms with Crippen LogP contribution >= 0.6 is 0 Å². The summed E-state index contributed by atoms with van der Waals surface area (Å²) in [5.74, 6) is 1.80. The van der Waals surface area contributed by atoms with E-state index in [0.717, 1.165) is 62.8 Å². The second kappa shape index (κ2) is 11.3. The van der Waals surface area contributed by atoms with Crippen LogP contribution in [0.5, 0.6) is 5.75 Å². The fourth-order valence-corrected chi connectivity index (χ4v) is 2.98. The minimum absolute atomic E-state index is 0.781. The molecule has 2 aromatic rings. The fraction of sp³-hybridized carbons (Fsp3) is 0.524. The third-order valence-corrected chi connectivity index (χ3v) is 4.31. The highest BCUT2D eigenvalue weighted by atomic mass is 16.5. The molecule has 0 spiro atoms. The molecule has 0 aliphatic heterocycles. The Morgan fingerprint density at radius 3 is 2.74 bits per heavy atom. The molecule has 2 N–H and O–H groups in total. The molecule has 0 fully saturated rings. The van der Waals surface area contributed by atoms with Gasteiger partial charge in [0.15, 0.2) is 5.96 Å². The van der Waals surface area contributed by atoms with Gasteiger partial charge in [-0.15, -0.1) is 0 Å². The number of guanidine groups is 1. The predicted molar refractivity (Wildman–Crippen MR) is 112 cm³/mol. The van der Waals surface area contributed by atoms with Gasteiger partial charge in [0.1, 0.15) is 5.75 Å².